The number of rotatable bonds is 5. The van der Waals surface area contributed by atoms with Gasteiger partial charge in [-0.2, -0.15) is 0 Å². The third kappa shape index (κ3) is 2.61. The van der Waals surface area contributed by atoms with E-state index in [4.69, 9.17) is 16.6 Å². The summed E-state index contributed by atoms with van der Waals surface area (Å²) < 4.78 is 0. The largest absolute Gasteiger partial charge is 0.338 e. The van der Waals surface area contributed by atoms with Crippen molar-refractivity contribution in [1.82, 2.24) is 15.0 Å². The molecule has 0 bridgehead atoms. The minimum absolute atomic E-state index is 0.245. The van der Waals surface area contributed by atoms with Gasteiger partial charge in [-0.1, -0.05) is 25.1 Å². The van der Waals surface area contributed by atoms with Crippen molar-refractivity contribution in [3.63, 3.8) is 0 Å². The first-order valence-electron chi connectivity index (χ1n) is 7.01. The molecule has 0 aliphatic heterocycles. The summed E-state index contributed by atoms with van der Waals surface area (Å²) in [5.41, 5.74) is 9.52. The van der Waals surface area contributed by atoms with Gasteiger partial charge in [0.1, 0.15) is 12.4 Å². The molecular formula is C15H19N5O. The Kier molecular flexibility index (Phi) is 3.83. The second kappa shape index (κ2) is 5.77. The Bertz CT molecular complexity index is 767. The highest BCUT2D eigenvalue weighted by atomic mass is 16.6. The lowest BCUT2D eigenvalue weighted by Gasteiger charge is -2.09. The van der Waals surface area contributed by atoms with Gasteiger partial charge in [-0.3, -0.25) is 9.82 Å². The number of nitrogens with two attached hydrogens (primary N) is 2. The molecule has 3 rings (SSSR count). The first-order chi connectivity index (χ1) is 10.2. The van der Waals surface area contributed by atoms with Crippen LogP contribution in [0.1, 0.15) is 18.4 Å². The van der Waals surface area contributed by atoms with Crippen molar-refractivity contribution in [2.75, 3.05) is 6.54 Å². The molecule has 0 saturated carbocycles. The van der Waals surface area contributed by atoms with Crippen molar-refractivity contribution in [1.29, 1.82) is 0 Å². The highest BCUT2D eigenvalue weighted by Gasteiger charge is 2.14. The highest BCUT2D eigenvalue weighted by Crippen LogP contribution is 2.26. The number of H-pyrrole nitrogens is 1. The number of hydrogen-bond acceptors (Lipinski definition) is 5. The van der Waals surface area contributed by atoms with Crippen LogP contribution in [-0.2, 0) is 17.9 Å². The number of para-hydroxylation sites is 1. The van der Waals surface area contributed by atoms with Gasteiger partial charge in [0.2, 0.25) is 0 Å². The Labute approximate surface area is 122 Å². The number of aromatic amines is 1. The smallest absolute Gasteiger partial charge is 0.135 e. The molecule has 1 unspecified atom stereocenters. The van der Waals surface area contributed by atoms with Crippen LogP contribution in [0.2, 0.25) is 0 Å². The molecule has 110 valence electrons. The quantitative estimate of drug-likeness (QED) is 0.618. The van der Waals surface area contributed by atoms with Gasteiger partial charge < -0.3 is 10.7 Å². The SMILES string of the molecule is CC(CN)Cc1nc2ccccc2c2nc(CON)[nH]c12. The molecule has 0 aliphatic rings. The summed E-state index contributed by atoms with van der Waals surface area (Å²) in [5, 5.41) is 1.02. The summed E-state index contributed by atoms with van der Waals surface area (Å²) in [6.07, 6.45) is 0.808. The number of nitrogens with zero attached hydrogens (tertiary/aromatic N) is 2. The molecule has 0 fully saturated rings. The number of pyridine rings is 1. The molecular weight excluding hydrogens is 266 g/mol. The van der Waals surface area contributed by atoms with Crippen molar-refractivity contribution < 1.29 is 4.84 Å². The summed E-state index contributed by atoms with van der Waals surface area (Å²) in [6, 6.07) is 7.99. The zero-order valence-corrected chi connectivity index (χ0v) is 12.0. The first kappa shape index (κ1) is 13.9. The van der Waals surface area contributed by atoms with Crippen LogP contribution in [0.3, 0.4) is 0 Å². The van der Waals surface area contributed by atoms with E-state index in [-0.39, 0.29) is 6.61 Å². The minimum Gasteiger partial charge on any atom is -0.338 e. The van der Waals surface area contributed by atoms with E-state index in [1.807, 2.05) is 24.3 Å². The number of benzene rings is 1. The van der Waals surface area contributed by atoms with Crippen LogP contribution in [0.15, 0.2) is 24.3 Å². The third-order valence-corrected chi connectivity index (χ3v) is 3.62. The summed E-state index contributed by atoms with van der Waals surface area (Å²) >= 11 is 0. The molecule has 5 N–H and O–H groups in total. The van der Waals surface area contributed by atoms with Crippen LogP contribution in [-0.4, -0.2) is 21.5 Å². The van der Waals surface area contributed by atoms with E-state index >= 15 is 0 Å². The average Bonchev–Trinajstić information content (AvgIpc) is 2.92. The van der Waals surface area contributed by atoms with Crippen molar-refractivity contribution in [2.24, 2.45) is 17.5 Å². The fourth-order valence-corrected chi connectivity index (χ4v) is 2.51. The van der Waals surface area contributed by atoms with E-state index in [0.717, 1.165) is 34.1 Å². The van der Waals surface area contributed by atoms with Gasteiger partial charge >= 0.3 is 0 Å². The number of imidazole rings is 1. The molecule has 2 aromatic heterocycles. The lowest BCUT2D eigenvalue weighted by atomic mass is 10.0. The Balaban J connectivity index is 2.22. The zero-order valence-electron chi connectivity index (χ0n) is 12.0. The first-order valence-corrected chi connectivity index (χ1v) is 7.01. The van der Waals surface area contributed by atoms with Crippen LogP contribution in [0.5, 0.6) is 0 Å². The topological polar surface area (TPSA) is 103 Å². The van der Waals surface area contributed by atoms with E-state index in [2.05, 4.69) is 21.7 Å². The Morgan fingerprint density at radius 3 is 2.86 bits per heavy atom. The van der Waals surface area contributed by atoms with Gasteiger partial charge in [-0.15, -0.1) is 0 Å². The Morgan fingerprint density at radius 2 is 2.10 bits per heavy atom. The maximum Gasteiger partial charge on any atom is 0.135 e. The molecule has 6 nitrogen and oxygen atoms in total. The number of nitrogens with one attached hydrogen (secondary N) is 1. The Morgan fingerprint density at radius 1 is 1.29 bits per heavy atom. The maximum absolute atomic E-state index is 5.74. The monoisotopic (exact) mass is 285 g/mol. The highest BCUT2D eigenvalue weighted by molar-refractivity contribution is 6.03. The zero-order chi connectivity index (χ0) is 14.8. The van der Waals surface area contributed by atoms with Gasteiger partial charge in [-0.25, -0.2) is 10.9 Å². The van der Waals surface area contributed by atoms with Crippen molar-refractivity contribution in [2.45, 2.75) is 20.0 Å². The van der Waals surface area contributed by atoms with Gasteiger partial charge in [0.25, 0.3) is 0 Å². The second-order valence-electron chi connectivity index (χ2n) is 5.34. The molecule has 0 saturated heterocycles. The van der Waals surface area contributed by atoms with Crippen molar-refractivity contribution in [3.8, 4) is 0 Å². The van der Waals surface area contributed by atoms with E-state index in [1.54, 1.807) is 0 Å². The minimum atomic E-state index is 0.245. The molecule has 0 aliphatic carbocycles. The van der Waals surface area contributed by atoms with Gasteiger partial charge in [0, 0.05) is 5.39 Å². The average molecular weight is 285 g/mol. The summed E-state index contributed by atoms with van der Waals surface area (Å²) in [5.74, 6) is 6.20. The summed E-state index contributed by atoms with van der Waals surface area (Å²) in [4.78, 5) is 17.3. The van der Waals surface area contributed by atoms with Crippen LogP contribution in [0.25, 0.3) is 21.9 Å². The number of fused-ring (bicyclic) bond motifs is 3. The molecule has 6 heteroatoms. The van der Waals surface area contributed by atoms with Crippen LogP contribution >= 0.6 is 0 Å². The molecule has 1 atom stereocenters. The molecule has 0 amide bonds. The van der Waals surface area contributed by atoms with E-state index in [1.165, 1.54) is 0 Å². The van der Waals surface area contributed by atoms with E-state index in [0.29, 0.717) is 18.3 Å². The van der Waals surface area contributed by atoms with Crippen molar-refractivity contribution in [3.05, 3.63) is 35.8 Å². The molecule has 0 spiro atoms. The summed E-state index contributed by atoms with van der Waals surface area (Å²) in [7, 11) is 0. The maximum atomic E-state index is 5.74. The molecule has 0 radical (unpaired) electrons. The van der Waals surface area contributed by atoms with Gasteiger partial charge in [0.05, 0.1) is 22.2 Å². The molecule has 21 heavy (non-hydrogen) atoms. The molecule has 2 heterocycles. The van der Waals surface area contributed by atoms with Gasteiger partial charge in [0.15, 0.2) is 0 Å². The second-order valence-corrected chi connectivity index (χ2v) is 5.34. The number of aromatic nitrogens is 3. The third-order valence-electron chi connectivity index (χ3n) is 3.62. The molecule has 1 aromatic carbocycles. The lowest BCUT2D eigenvalue weighted by molar-refractivity contribution is 0.119. The van der Waals surface area contributed by atoms with Crippen LogP contribution in [0.4, 0.5) is 0 Å². The predicted octanol–water partition coefficient (Wildman–Crippen LogP) is 1.64. The molecule has 3 aromatic rings. The van der Waals surface area contributed by atoms with Crippen LogP contribution in [0, 0.1) is 5.92 Å². The van der Waals surface area contributed by atoms with Crippen molar-refractivity contribution >= 4 is 21.9 Å². The normalized spacial score (nSPS) is 13.1. The Hall–Kier alpha value is -2.02. The summed E-state index contributed by atoms with van der Waals surface area (Å²) in [6.45, 7) is 2.99. The standard InChI is InChI=1S/C15H19N5O/c1-9(7-16)6-12-15-14(19-13(20-15)8-21-17)10-4-2-3-5-11(10)18-12/h2-5,9H,6-8,16-17H2,1H3,(H,19,20). The van der Waals surface area contributed by atoms with Gasteiger partial charge in [-0.05, 0) is 24.9 Å². The van der Waals surface area contributed by atoms with E-state index < -0.39 is 0 Å². The number of hydrogen-bond donors (Lipinski definition) is 3. The van der Waals surface area contributed by atoms with Crippen LogP contribution < -0.4 is 11.6 Å². The lowest BCUT2D eigenvalue weighted by Crippen LogP contribution is -2.14. The predicted molar refractivity (Wildman–Crippen MR) is 82.3 cm³/mol. The fourth-order valence-electron chi connectivity index (χ4n) is 2.51. The van der Waals surface area contributed by atoms with E-state index in [9.17, 15) is 0 Å². The fraction of sp³-hybridized carbons (Fsp3) is 0.333.